The minimum absolute atomic E-state index is 0.0239. The average Bonchev–Trinajstić information content (AvgIpc) is 3.52. The lowest BCUT2D eigenvalue weighted by Crippen LogP contribution is -2.26. The van der Waals surface area contributed by atoms with Crippen LogP contribution in [-0.2, 0) is 23.1 Å². The van der Waals surface area contributed by atoms with Gasteiger partial charge < -0.3 is 19.4 Å². The van der Waals surface area contributed by atoms with Crippen LogP contribution < -0.4 is 19.5 Å². The molecule has 180 valence electrons. The van der Waals surface area contributed by atoms with Crippen LogP contribution in [0, 0.1) is 0 Å². The zero-order valence-electron chi connectivity index (χ0n) is 18.8. The molecule has 0 bridgehead atoms. The number of benzene rings is 3. The van der Waals surface area contributed by atoms with Crippen LogP contribution in [0.1, 0.15) is 22.3 Å². The quantitative estimate of drug-likeness (QED) is 0.348. The predicted octanol–water partition coefficient (Wildman–Crippen LogP) is 3.06. The summed E-state index contributed by atoms with van der Waals surface area (Å²) in [6.07, 6.45) is 2.50. The SMILES string of the molecule is O=C(NCCCn1cnc2ccccc21)c1cccc(S(=O)(=O)NCc2ccc3c(c2)OCO3)c1. The molecule has 0 radical (unpaired) electrons. The van der Waals surface area contributed by atoms with E-state index in [0.717, 1.165) is 16.6 Å². The van der Waals surface area contributed by atoms with Gasteiger partial charge in [0, 0.05) is 25.2 Å². The molecule has 2 N–H and O–H groups in total. The van der Waals surface area contributed by atoms with Gasteiger partial charge in [0.05, 0.1) is 22.3 Å². The summed E-state index contributed by atoms with van der Waals surface area (Å²) in [5.41, 5.74) is 2.99. The van der Waals surface area contributed by atoms with Gasteiger partial charge in [0.15, 0.2) is 11.5 Å². The van der Waals surface area contributed by atoms with E-state index in [2.05, 4.69) is 15.0 Å². The van der Waals surface area contributed by atoms with Crippen LogP contribution in [-0.4, -0.2) is 37.2 Å². The number of aromatic nitrogens is 2. The van der Waals surface area contributed by atoms with E-state index in [1.165, 1.54) is 12.1 Å². The summed E-state index contributed by atoms with van der Waals surface area (Å²) >= 11 is 0. The van der Waals surface area contributed by atoms with Crippen molar-refractivity contribution in [2.24, 2.45) is 0 Å². The molecule has 10 heteroatoms. The number of sulfonamides is 1. The van der Waals surface area contributed by atoms with Crippen LogP contribution in [0.2, 0.25) is 0 Å². The second-order valence-electron chi connectivity index (χ2n) is 8.08. The molecule has 4 aromatic rings. The maximum Gasteiger partial charge on any atom is 0.251 e. The summed E-state index contributed by atoms with van der Waals surface area (Å²) in [4.78, 5) is 17.0. The number of fused-ring (bicyclic) bond motifs is 2. The molecular weight excluding hydrogens is 468 g/mol. The van der Waals surface area contributed by atoms with Gasteiger partial charge >= 0.3 is 0 Å². The number of nitrogens with zero attached hydrogens (tertiary/aromatic N) is 2. The molecule has 0 saturated heterocycles. The third-order valence-corrected chi connectivity index (χ3v) is 7.10. The first-order chi connectivity index (χ1) is 17.0. The average molecular weight is 493 g/mol. The van der Waals surface area contributed by atoms with Gasteiger partial charge in [-0.05, 0) is 54.4 Å². The van der Waals surface area contributed by atoms with E-state index in [1.807, 2.05) is 28.8 Å². The molecule has 9 nitrogen and oxygen atoms in total. The molecule has 2 heterocycles. The largest absolute Gasteiger partial charge is 0.454 e. The fourth-order valence-corrected chi connectivity index (χ4v) is 4.92. The summed E-state index contributed by atoms with van der Waals surface area (Å²) in [5.74, 6) is 0.892. The van der Waals surface area contributed by atoms with Gasteiger partial charge in [0.2, 0.25) is 16.8 Å². The number of nitrogens with one attached hydrogen (secondary N) is 2. The number of rotatable bonds is 9. The van der Waals surface area contributed by atoms with Gasteiger partial charge in [-0.3, -0.25) is 4.79 Å². The van der Waals surface area contributed by atoms with Gasteiger partial charge in [-0.25, -0.2) is 18.1 Å². The van der Waals surface area contributed by atoms with E-state index in [-0.39, 0.29) is 29.7 Å². The summed E-state index contributed by atoms with van der Waals surface area (Å²) in [7, 11) is -3.82. The molecule has 1 aliphatic heterocycles. The highest BCUT2D eigenvalue weighted by atomic mass is 32.2. The Morgan fingerprint density at radius 1 is 1.00 bits per heavy atom. The number of ether oxygens (including phenoxy) is 2. The molecule has 1 aromatic heterocycles. The van der Waals surface area contributed by atoms with Gasteiger partial charge in [-0.15, -0.1) is 0 Å². The van der Waals surface area contributed by atoms with Crippen molar-refractivity contribution in [3.05, 3.63) is 84.2 Å². The Hall–Kier alpha value is -3.89. The number of aryl methyl sites for hydroxylation is 1. The molecule has 0 atom stereocenters. The van der Waals surface area contributed by atoms with E-state index < -0.39 is 10.0 Å². The van der Waals surface area contributed by atoms with Crippen molar-refractivity contribution in [2.75, 3.05) is 13.3 Å². The molecular formula is C25H24N4O5S. The fourth-order valence-electron chi connectivity index (χ4n) is 3.86. The van der Waals surface area contributed by atoms with Crippen LogP contribution in [0.25, 0.3) is 11.0 Å². The number of carbonyl (C=O) groups excluding carboxylic acids is 1. The zero-order valence-corrected chi connectivity index (χ0v) is 19.6. The summed E-state index contributed by atoms with van der Waals surface area (Å²) in [5, 5.41) is 2.86. The Morgan fingerprint density at radius 3 is 2.77 bits per heavy atom. The number of carbonyl (C=O) groups is 1. The van der Waals surface area contributed by atoms with E-state index >= 15 is 0 Å². The Balaban J connectivity index is 1.16. The highest BCUT2D eigenvalue weighted by molar-refractivity contribution is 7.89. The van der Waals surface area contributed by atoms with Crippen LogP contribution in [0.4, 0.5) is 0 Å². The number of amides is 1. The fraction of sp³-hybridized carbons (Fsp3) is 0.200. The zero-order chi connectivity index (χ0) is 24.3. The minimum Gasteiger partial charge on any atom is -0.454 e. The smallest absolute Gasteiger partial charge is 0.251 e. The Labute approximate surface area is 202 Å². The van der Waals surface area contributed by atoms with Crippen molar-refractivity contribution < 1.29 is 22.7 Å². The van der Waals surface area contributed by atoms with Gasteiger partial charge in [-0.1, -0.05) is 24.3 Å². The first-order valence-corrected chi connectivity index (χ1v) is 12.6. The van der Waals surface area contributed by atoms with Crippen molar-refractivity contribution >= 4 is 27.0 Å². The molecule has 1 aliphatic rings. The predicted molar refractivity (Wildman–Crippen MR) is 130 cm³/mol. The lowest BCUT2D eigenvalue weighted by Gasteiger charge is -2.10. The van der Waals surface area contributed by atoms with Crippen molar-refractivity contribution in [3.63, 3.8) is 0 Å². The van der Waals surface area contributed by atoms with Crippen molar-refractivity contribution in [1.82, 2.24) is 19.6 Å². The maximum atomic E-state index is 12.8. The van der Waals surface area contributed by atoms with Crippen LogP contribution in [0.15, 0.2) is 78.0 Å². The van der Waals surface area contributed by atoms with Crippen molar-refractivity contribution in [3.8, 4) is 11.5 Å². The van der Waals surface area contributed by atoms with Crippen LogP contribution in [0.3, 0.4) is 0 Å². The minimum atomic E-state index is -3.82. The molecule has 3 aromatic carbocycles. The molecule has 0 saturated carbocycles. The molecule has 0 spiro atoms. The van der Waals surface area contributed by atoms with E-state index in [9.17, 15) is 13.2 Å². The Morgan fingerprint density at radius 2 is 1.86 bits per heavy atom. The lowest BCUT2D eigenvalue weighted by molar-refractivity contribution is 0.0952. The highest BCUT2D eigenvalue weighted by Gasteiger charge is 2.18. The van der Waals surface area contributed by atoms with Gasteiger partial charge in [0.25, 0.3) is 5.91 Å². The number of imidazole rings is 1. The lowest BCUT2D eigenvalue weighted by atomic mass is 10.2. The number of para-hydroxylation sites is 2. The van der Waals surface area contributed by atoms with Crippen LogP contribution in [0.5, 0.6) is 11.5 Å². The van der Waals surface area contributed by atoms with Crippen molar-refractivity contribution in [2.45, 2.75) is 24.4 Å². The third kappa shape index (κ3) is 5.13. The van der Waals surface area contributed by atoms with Crippen LogP contribution >= 0.6 is 0 Å². The monoisotopic (exact) mass is 492 g/mol. The first kappa shape index (κ1) is 22.9. The second kappa shape index (κ2) is 9.77. The first-order valence-electron chi connectivity index (χ1n) is 11.2. The normalized spacial score (nSPS) is 12.7. The Kier molecular flexibility index (Phi) is 6.39. The van der Waals surface area contributed by atoms with E-state index in [0.29, 0.717) is 31.0 Å². The van der Waals surface area contributed by atoms with E-state index in [4.69, 9.17) is 9.47 Å². The molecule has 0 aliphatic carbocycles. The summed E-state index contributed by atoms with van der Waals surface area (Å²) < 4.78 is 40.8. The standard InChI is InChI=1S/C25H24N4O5S/c30-25(26-11-4-12-29-16-27-21-7-1-2-8-22(21)29)19-5-3-6-20(14-19)35(31,32)28-15-18-9-10-23-24(13-18)34-17-33-23/h1-3,5-10,13-14,16,28H,4,11-12,15,17H2,(H,26,30). The topological polar surface area (TPSA) is 112 Å². The molecule has 0 unspecified atom stereocenters. The second-order valence-corrected chi connectivity index (χ2v) is 9.84. The van der Waals surface area contributed by atoms with E-state index in [1.54, 1.807) is 36.7 Å². The molecule has 1 amide bonds. The molecule has 35 heavy (non-hydrogen) atoms. The summed E-state index contributed by atoms with van der Waals surface area (Å²) in [6.45, 7) is 1.39. The Bertz CT molecular complexity index is 1480. The van der Waals surface area contributed by atoms with Gasteiger partial charge in [0.1, 0.15) is 0 Å². The highest BCUT2D eigenvalue weighted by Crippen LogP contribution is 2.32. The third-order valence-electron chi connectivity index (χ3n) is 5.70. The van der Waals surface area contributed by atoms with Gasteiger partial charge in [-0.2, -0.15) is 0 Å². The van der Waals surface area contributed by atoms with Crippen molar-refractivity contribution in [1.29, 1.82) is 0 Å². The maximum absolute atomic E-state index is 12.8. The summed E-state index contributed by atoms with van der Waals surface area (Å²) in [6, 6.07) is 19.1. The molecule has 0 fully saturated rings. The molecule has 5 rings (SSSR count). The number of hydrogen-bond acceptors (Lipinski definition) is 6. The number of hydrogen-bond donors (Lipinski definition) is 2.